The lowest BCUT2D eigenvalue weighted by Crippen LogP contribution is -2.41. The van der Waals surface area contributed by atoms with E-state index in [9.17, 15) is 0 Å². The molecule has 4 nitrogen and oxygen atoms in total. The molecule has 0 spiro atoms. The fourth-order valence-corrected chi connectivity index (χ4v) is 3.80. The molecule has 3 unspecified atom stereocenters. The maximum atomic E-state index is 5.52. The number of rotatable bonds is 3. The quantitative estimate of drug-likeness (QED) is 0.911. The van der Waals surface area contributed by atoms with Gasteiger partial charge in [-0.05, 0) is 45.4 Å². The van der Waals surface area contributed by atoms with Gasteiger partial charge in [0, 0.05) is 12.1 Å². The monoisotopic (exact) mass is 263 g/mol. The van der Waals surface area contributed by atoms with Gasteiger partial charge in [0.1, 0.15) is 0 Å². The van der Waals surface area contributed by atoms with Crippen molar-refractivity contribution < 1.29 is 4.74 Å². The second-order valence-corrected chi connectivity index (χ2v) is 6.23. The predicted molar refractivity (Wildman–Crippen MR) is 75.4 cm³/mol. The van der Waals surface area contributed by atoms with Gasteiger partial charge in [-0.3, -0.25) is 4.68 Å². The first kappa shape index (κ1) is 13.0. The Bertz CT molecular complexity index is 441. The summed E-state index contributed by atoms with van der Waals surface area (Å²) in [6.45, 7) is 4.36. The van der Waals surface area contributed by atoms with Crippen molar-refractivity contribution in [2.24, 2.45) is 5.92 Å². The summed E-state index contributed by atoms with van der Waals surface area (Å²) in [5, 5.41) is 8.35. The minimum atomic E-state index is 0.377. The standard InChI is InChI=1S/C15H25N3O/c1-10(2)18-15(14(19-3)9-16-18)13-8-7-11-5-4-6-12(11)17-13/h9-13,17H,4-8H2,1-3H3. The van der Waals surface area contributed by atoms with E-state index in [0.717, 1.165) is 11.7 Å². The first-order valence-corrected chi connectivity index (χ1v) is 7.58. The highest BCUT2D eigenvalue weighted by Crippen LogP contribution is 2.40. The second kappa shape index (κ2) is 5.16. The van der Waals surface area contributed by atoms with Crippen LogP contribution in [0.15, 0.2) is 6.20 Å². The molecular formula is C15H25N3O. The van der Waals surface area contributed by atoms with Crippen molar-refractivity contribution in [3.8, 4) is 5.75 Å². The molecule has 0 bridgehead atoms. The molecular weight excluding hydrogens is 238 g/mol. The van der Waals surface area contributed by atoms with Crippen molar-refractivity contribution in [2.75, 3.05) is 7.11 Å². The molecule has 1 aromatic rings. The lowest BCUT2D eigenvalue weighted by atomic mass is 9.88. The van der Waals surface area contributed by atoms with Crippen molar-refractivity contribution in [2.45, 2.75) is 64.1 Å². The van der Waals surface area contributed by atoms with Gasteiger partial charge in [0.2, 0.25) is 0 Å². The van der Waals surface area contributed by atoms with Crippen molar-refractivity contribution in [3.05, 3.63) is 11.9 Å². The molecule has 2 aliphatic rings. The molecule has 0 aromatic carbocycles. The highest BCUT2D eigenvalue weighted by Gasteiger charge is 2.36. The van der Waals surface area contributed by atoms with E-state index in [-0.39, 0.29) is 0 Å². The molecule has 1 aromatic heterocycles. The maximum absolute atomic E-state index is 5.52. The molecule has 19 heavy (non-hydrogen) atoms. The number of hydrogen-bond acceptors (Lipinski definition) is 3. The molecule has 2 fully saturated rings. The topological polar surface area (TPSA) is 39.1 Å². The normalized spacial score (nSPS) is 30.6. The van der Waals surface area contributed by atoms with Crippen LogP contribution in [0.5, 0.6) is 5.75 Å². The Balaban J connectivity index is 1.86. The molecule has 0 amide bonds. The molecule has 1 aliphatic heterocycles. The molecule has 1 N–H and O–H groups in total. The Labute approximate surface area is 115 Å². The molecule has 2 heterocycles. The van der Waals surface area contributed by atoms with E-state index < -0.39 is 0 Å². The molecule has 4 heteroatoms. The summed E-state index contributed by atoms with van der Waals surface area (Å²) in [5.41, 5.74) is 1.24. The van der Waals surface area contributed by atoms with Gasteiger partial charge in [0.25, 0.3) is 0 Å². The summed E-state index contributed by atoms with van der Waals surface area (Å²) in [6, 6.07) is 1.49. The smallest absolute Gasteiger partial charge is 0.161 e. The number of aromatic nitrogens is 2. The van der Waals surface area contributed by atoms with Crippen LogP contribution in [0.1, 0.15) is 63.7 Å². The van der Waals surface area contributed by atoms with E-state index in [1.54, 1.807) is 7.11 Å². The van der Waals surface area contributed by atoms with Crippen LogP contribution < -0.4 is 10.1 Å². The molecule has 1 aliphatic carbocycles. The van der Waals surface area contributed by atoms with Gasteiger partial charge < -0.3 is 10.1 Å². The number of fused-ring (bicyclic) bond motifs is 1. The van der Waals surface area contributed by atoms with Crippen LogP contribution in [0.4, 0.5) is 0 Å². The van der Waals surface area contributed by atoms with E-state index in [4.69, 9.17) is 4.74 Å². The predicted octanol–water partition coefficient (Wildman–Crippen LogP) is 3.07. The Kier molecular flexibility index (Phi) is 3.52. The van der Waals surface area contributed by atoms with Crippen LogP contribution in [0.3, 0.4) is 0 Å². The highest BCUT2D eigenvalue weighted by atomic mass is 16.5. The van der Waals surface area contributed by atoms with Gasteiger partial charge in [-0.15, -0.1) is 0 Å². The van der Waals surface area contributed by atoms with Crippen molar-refractivity contribution in [3.63, 3.8) is 0 Å². The first-order chi connectivity index (χ1) is 9.20. The average molecular weight is 263 g/mol. The number of methoxy groups -OCH3 is 1. The summed E-state index contributed by atoms with van der Waals surface area (Å²) in [4.78, 5) is 0. The lowest BCUT2D eigenvalue weighted by Gasteiger charge is -2.34. The molecule has 106 valence electrons. The van der Waals surface area contributed by atoms with Crippen LogP contribution in [-0.4, -0.2) is 22.9 Å². The Hall–Kier alpha value is -1.03. The fraction of sp³-hybridized carbons (Fsp3) is 0.800. The lowest BCUT2D eigenvalue weighted by molar-refractivity contribution is 0.245. The summed E-state index contributed by atoms with van der Waals surface area (Å²) in [7, 11) is 1.74. The van der Waals surface area contributed by atoms with Gasteiger partial charge in [-0.1, -0.05) is 6.42 Å². The van der Waals surface area contributed by atoms with E-state index in [1.165, 1.54) is 37.8 Å². The van der Waals surface area contributed by atoms with E-state index in [2.05, 4.69) is 28.9 Å². The molecule has 0 radical (unpaired) electrons. The van der Waals surface area contributed by atoms with Gasteiger partial charge in [-0.25, -0.2) is 0 Å². The van der Waals surface area contributed by atoms with E-state index >= 15 is 0 Å². The van der Waals surface area contributed by atoms with Crippen molar-refractivity contribution >= 4 is 0 Å². The van der Waals surface area contributed by atoms with Crippen molar-refractivity contribution in [1.82, 2.24) is 15.1 Å². The minimum absolute atomic E-state index is 0.377. The van der Waals surface area contributed by atoms with Gasteiger partial charge >= 0.3 is 0 Å². The largest absolute Gasteiger partial charge is 0.493 e. The van der Waals surface area contributed by atoms with Crippen LogP contribution in [-0.2, 0) is 0 Å². The summed E-state index contributed by atoms with van der Waals surface area (Å²) >= 11 is 0. The van der Waals surface area contributed by atoms with Gasteiger partial charge in [0.15, 0.2) is 5.75 Å². The van der Waals surface area contributed by atoms with Crippen LogP contribution in [0.2, 0.25) is 0 Å². The van der Waals surface area contributed by atoms with E-state index in [0.29, 0.717) is 18.1 Å². The Morgan fingerprint density at radius 1 is 1.32 bits per heavy atom. The summed E-state index contributed by atoms with van der Waals surface area (Å²) < 4.78 is 7.63. The number of hydrogen-bond donors (Lipinski definition) is 1. The summed E-state index contributed by atoms with van der Waals surface area (Å²) in [6.07, 6.45) is 8.53. The van der Waals surface area contributed by atoms with Gasteiger partial charge in [0.05, 0.1) is 25.0 Å². The average Bonchev–Trinajstić information content (AvgIpc) is 3.03. The highest BCUT2D eigenvalue weighted by molar-refractivity contribution is 5.29. The molecule has 3 rings (SSSR count). The third kappa shape index (κ3) is 2.27. The molecule has 1 saturated carbocycles. The van der Waals surface area contributed by atoms with Gasteiger partial charge in [-0.2, -0.15) is 5.10 Å². The van der Waals surface area contributed by atoms with Crippen LogP contribution >= 0.6 is 0 Å². The fourth-order valence-electron chi connectivity index (χ4n) is 3.80. The molecule has 1 saturated heterocycles. The number of nitrogens with one attached hydrogen (secondary N) is 1. The SMILES string of the molecule is COc1cnn(C(C)C)c1C1CCC2CCCC2N1. The minimum Gasteiger partial charge on any atom is -0.493 e. The van der Waals surface area contributed by atoms with Crippen LogP contribution in [0, 0.1) is 5.92 Å². The second-order valence-electron chi connectivity index (χ2n) is 6.23. The third-order valence-electron chi connectivity index (χ3n) is 4.74. The zero-order valence-corrected chi connectivity index (χ0v) is 12.2. The zero-order chi connectivity index (χ0) is 13.4. The Morgan fingerprint density at radius 3 is 2.89 bits per heavy atom. The molecule has 3 atom stereocenters. The third-order valence-corrected chi connectivity index (χ3v) is 4.74. The first-order valence-electron chi connectivity index (χ1n) is 7.58. The van der Waals surface area contributed by atoms with Crippen molar-refractivity contribution in [1.29, 1.82) is 0 Å². The number of ether oxygens (including phenoxy) is 1. The summed E-state index contributed by atoms with van der Waals surface area (Å²) in [5.74, 6) is 1.83. The maximum Gasteiger partial charge on any atom is 0.161 e. The zero-order valence-electron chi connectivity index (χ0n) is 12.2. The van der Waals surface area contributed by atoms with E-state index in [1.807, 2.05) is 6.20 Å². The number of nitrogens with zero attached hydrogens (tertiary/aromatic N) is 2. The number of piperidine rings is 1. The van der Waals surface area contributed by atoms with Crippen LogP contribution in [0.25, 0.3) is 0 Å². The Morgan fingerprint density at radius 2 is 2.16 bits per heavy atom.